The lowest BCUT2D eigenvalue weighted by Gasteiger charge is -2.16. The fraction of sp³-hybridized carbons (Fsp3) is 0.333. The molecule has 0 fully saturated rings. The lowest BCUT2D eigenvalue weighted by atomic mass is 9.90. The minimum absolute atomic E-state index is 0.632. The minimum atomic E-state index is 0.632. The molecule has 2 aromatic carbocycles. The molecule has 3 rings (SSSR count). The van der Waals surface area contributed by atoms with Gasteiger partial charge in [-0.3, -0.25) is 0 Å². The minimum Gasteiger partial charge on any atom is -0.489 e. The Kier molecular flexibility index (Phi) is 5.31. The van der Waals surface area contributed by atoms with E-state index in [4.69, 9.17) is 4.74 Å². The number of ether oxygens (including phenoxy) is 1. The maximum Gasteiger partial charge on any atom is 0.119 e. The van der Waals surface area contributed by atoms with Crippen molar-refractivity contribution in [1.29, 1.82) is 0 Å². The van der Waals surface area contributed by atoms with Crippen LogP contribution in [0.5, 0.6) is 5.75 Å². The van der Waals surface area contributed by atoms with Gasteiger partial charge in [-0.05, 0) is 61.3 Å². The Morgan fingerprint density at radius 2 is 1.73 bits per heavy atom. The van der Waals surface area contributed by atoms with E-state index in [0.29, 0.717) is 6.61 Å². The van der Waals surface area contributed by atoms with Gasteiger partial charge in [-0.2, -0.15) is 0 Å². The van der Waals surface area contributed by atoms with Crippen molar-refractivity contribution in [2.75, 3.05) is 0 Å². The van der Waals surface area contributed by atoms with Gasteiger partial charge < -0.3 is 4.74 Å². The van der Waals surface area contributed by atoms with E-state index in [2.05, 4.69) is 48.6 Å². The molecule has 1 heteroatoms. The fourth-order valence-corrected chi connectivity index (χ4v) is 2.97. The first-order valence-electron chi connectivity index (χ1n) is 8.32. The molecule has 1 aliphatic carbocycles. The second-order valence-corrected chi connectivity index (χ2v) is 6.08. The van der Waals surface area contributed by atoms with Crippen molar-refractivity contribution in [3.63, 3.8) is 0 Å². The lowest BCUT2D eigenvalue weighted by Crippen LogP contribution is -2.02. The Hall–Kier alpha value is -2.02. The Bertz CT molecular complexity index is 583. The molecule has 0 heterocycles. The van der Waals surface area contributed by atoms with E-state index in [1.54, 1.807) is 0 Å². The molecule has 0 spiro atoms. The molecule has 0 saturated heterocycles. The van der Waals surface area contributed by atoms with Crippen LogP contribution in [-0.2, 0) is 13.0 Å². The number of rotatable bonds is 6. The van der Waals surface area contributed by atoms with Gasteiger partial charge in [0.15, 0.2) is 0 Å². The predicted molar refractivity (Wildman–Crippen MR) is 92.0 cm³/mol. The lowest BCUT2D eigenvalue weighted by molar-refractivity contribution is 0.306. The summed E-state index contributed by atoms with van der Waals surface area (Å²) in [6, 6.07) is 18.9. The molecule has 114 valence electrons. The van der Waals surface area contributed by atoms with Crippen LogP contribution in [0.4, 0.5) is 0 Å². The second kappa shape index (κ2) is 7.84. The van der Waals surface area contributed by atoms with E-state index in [-0.39, 0.29) is 0 Å². The largest absolute Gasteiger partial charge is 0.489 e. The summed E-state index contributed by atoms with van der Waals surface area (Å²) in [6.45, 7) is 0.632. The first kappa shape index (κ1) is 14.9. The Labute approximate surface area is 133 Å². The molecule has 1 unspecified atom stereocenters. The molecule has 1 aliphatic rings. The highest BCUT2D eigenvalue weighted by atomic mass is 16.5. The zero-order chi connectivity index (χ0) is 15.0. The summed E-state index contributed by atoms with van der Waals surface area (Å²) in [7, 11) is 0. The average molecular weight is 292 g/mol. The summed E-state index contributed by atoms with van der Waals surface area (Å²) in [5, 5.41) is 0. The van der Waals surface area contributed by atoms with E-state index in [0.717, 1.165) is 18.1 Å². The predicted octanol–water partition coefficient (Wildman–Crippen LogP) is 5.55. The molecule has 22 heavy (non-hydrogen) atoms. The number of hydrogen-bond donors (Lipinski definition) is 0. The highest BCUT2D eigenvalue weighted by Crippen LogP contribution is 2.23. The van der Waals surface area contributed by atoms with E-state index in [1.807, 2.05) is 18.2 Å². The third-order valence-electron chi connectivity index (χ3n) is 4.33. The van der Waals surface area contributed by atoms with E-state index < -0.39 is 0 Å². The SMILES string of the molecule is C1=CC(CCc2ccc(OCc3ccccc3)cc2)CCC1. The topological polar surface area (TPSA) is 9.23 Å². The van der Waals surface area contributed by atoms with Crippen molar-refractivity contribution >= 4 is 0 Å². The van der Waals surface area contributed by atoms with E-state index in [1.165, 1.54) is 36.8 Å². The van der Waals surface area contributed by atoms with Crippen LogP contribution in [0.2, 0.25) is 0 Å². The van der Waals surface area contributed by atoms with Crippen molar-refractivity contribution in [3.8, 4) is 5.75 Å². The molecule has 0 aliphatic heterocycles. The monoisotopic (exact) mass is 292 g/mol. The summed E-state index contributed by atoms with van der Waals surface area (Å²) in [6.07, 6.45) is 11.1. The smallest absolute Gasteiger partial charge is 0.119 e. The first-order chi connectivity index (χ1) is 10.9. The van der Waals surface area contributed by atoms with Crippen LogP contribution in [0.25, 0.3) is 0 Å². The van der Waals surface area contributed by atoms with Crippen LogP contribution in [0.1, 0.15) is 36.8 Å². The van der Waals surface area contributed by atoms with Crippen molar-refractivity contribution in [3.05, 3.63) is 77.9 Å². The Morgan fingerprint density at radius 1 is 0.909 bits per heavy atom. The summed E-state index contributed by atoms with van der Waals surface area (Å²) in [5.74, 6) is 1.73. The molecule has 1 atom stereocenters. The van der Waals surface area contributed by atoms with Crippen molar-refractivity contribution < 1.29 is 4.74 Å². The van der Waals surface area contributed by atoms with Gasteiger partial charge in [-0.1, -0.05) is 54.6 Å². The normalized spacial score (nSPS) is 17.4. The molecule has 0 bridgehead atoms. The van der Waals surface area contributed by atoms with Crippen molar-refractivity contribution in [2.45, 2.75) is 38.7 Å². The van der Waals surface area contributed by atoms with Crippen LogP contribution in [-0.4, -0.2) is 0 Å². The summed E-state index contributed by atoms with van der Waals surface area (Å²) >= 11 is 0. The number of allylic oxidation sites excluding steroid dienone is 2. The second-order valence-electron chi connectivity index (χ2n) is 6.08. The molecule has 0 amide bonds. The first-order valence-corrected chi connectivity index (χ1v) is 8.32. The molecule has 0 aromatic heterocycles. The fourth-order valence-electron chi connectivity index (χ4n) is 2.97. The van der Waals surface area contributed by atoms with Gasteiger partial charge in [0.25, 0.3) is 0 Å². The van der Waals surface area contributed by atoms with Gasteiger partial charge in [0.1, 0.15) is 12.4 Å². The highest BCUT2D eigenvalue weighted by Gasteiger charge is 2.08. The Balaban J connectivity index is 1.47. The van der Waals surface area contributed by atoms with Gasteiger partial charge in [-0.25, -0.2) is 0 Å². The molecule has 1 nitrogen and oxygen atoms in total. The highest BCUT2D eigenvalue weighted by molar-refractivity contribution is 5.28. The van der Waals surface area contributed by atoms with Crippen molar-refractivity contribution in [2.24, 2.45) is 5.92 Å². The van der Waals surface area contributed by atoms with Gasteiger partial charge in [0.05, 0.1) is 0 Å². The van der Waals surface area contributed by atoms with Crippen molar-refractivity contribution in [1.82, 2.24) is 0 Å². The quantitative estimate of drug-likeness (QED) is 0.634. The Morgan fingerprint density at radius 3 is 2.45 bits per heavy atom. The number of aryl methyl sites for hydroxylation is 1. The van der Waals surface area contributed by atoms with Gasteiger partial charge in [0, 0.05) is 0 Å². The van der Waals surface area contributed by atoms with Crippen LogP contribution in [0.15, 0.2) is 66.7 Å². The zero-order valence-corrected chi connectivity index (χ0v) is 13.1. The average Bonchev–Trinajstić information content (AvgIpc) is 2.61. The van der Waals surface area contributed by atoms with E-state index >= 15 is 0 Å². The summed E-state index contributed by atoms with van der Waals surface area (Å²) < 4.78 is 5.83. The van der Waals surface area contributed by atoms with Crippen LogP contribution in [0, 0.1) is 5.92 Å². The molecule has 0 radical (unpaired) electrons. The van der Waals surface area contributed by atoms with Gasteiger partial charge in [-0.15, -0.1) is 0 Å². The maximum absolute atomic E-state index is 5.83. The third-order valence-corrected chi connectivity index (χ3v) is 4.33. The molecular weight excluding hydrogens is 268 g/mol. The molecule has 0 saturated carbocycles. The molecule has 2 aromatic rings. The van der Waals surface area contributed by atoms with E-state index in [9.17, 15) is 0 Å². The van der Waals surface area contributed by atoms with Crippen LogP contribution >= 0.6 is 0 Å². The van der Waals surface area contributed by atoms with Crippen LogP contribution in [0.3, 0.4) is 0 Å². The maximum atomic E-state index is 5.83. The van der Waals surface area contributed by atoms with Gasteiger partial charge >= 0.3 is 0 Å². The summed E-state index contributed by atoms with van der Waals surface area (Å²) in [5.41, 5.74) is 2.61. The number of hydrogen-bond acceptors (Lipinski definition) is 1. The van der Waals surface area contributed by atoms with Crippen LogP contribution < -0.4 is 4.74 Å². The molecule has 0 N–H and O–H groups in total. The number of benzene rings is 2. The third kappa shape index (κ3) is 4.49. The zero-order valence-electron chi connectivity index (χ0n) is 13.1. The summed E-state index contributed by atoms with van der Waals surface area (Å²) in [4.78, 5) is 0. The molecular formula is C21H24O. The van der Waals surface area contributed by atoms with Gasteiger partial charge in [0.2, 0.25) is 0 Å². The standard InChI is InChI=1S/C21H24O/c1-3-7-18(8-4-1)11-12-19-13-15-21(16-14-19)22-17-20-9-5-2-6-10-20/h2-3,5-7,9-10,13-16,18H,1,4,8,11-12,17H2.